The number of carboxylic acids is 1. The third-order valence-corrected chi connectivity index (χ3v) is 3.78. The predicted octanol–water partition coefficient (Wildman–Crippen LogP) is 2.07. The van der Waals surface area contributed by atoms with Crippen molar-refractivity contribution in [3.05, 3.63) is 29.8 Å². The minimum Gasteiger partial charge on any atom is -0.480 e. The molecule has 1 amide bonds. The number of aryl methyl sites for hydroxylation is 1. The lowest BCUT2D eigenvalue weighted by molar-refractivity contribution is -0.138. The van der Waals surface area contributed by atoms with Gasteiger partial charge in [-0.2, -0.15) is 0 Å². The molecule has 0 aromatic heterocycles. The standard InChI is InChI=1S/C13H17NO3S/c1-9-6-4-5-7-10(9)18-13(2,3)12(17)14-8-11(15)16/h4-7H,8H2,1-3H3,(H,14,17)(H,15,16). The molecule has 0 bridgehead atoms. The Morgan fingerprint density at radius 3 is 2.50 bits per heavy atom. The highest BCUT2D eigenvalue weighted by Crippen LogP contribution is 2.34. The van der Waals surface area contributed by atoms with E-state index in [0.717, 1.165) is 10.5 Å². The average Bonchev–Trinajstić information content (AvgIpc) is 2.28. The van der Waals surface area contributed by atoms with E-state index < -0.39 is 10.7 Å². The Labute approximate surface area is 111 Å². The van der Waals surface area contributed by atoms with E-state index in [1.165, 1.54) is 11.8 Å². The van der Waals surface area contributed by atoms with Crippen molar-refractivity contribution in [2.75, 3.05) is 6.54 Å². The van der Waals surface area contributed by atoms with Crippen LogP contribution in [0.5, 0.6) is 0 Å². The highest BCUT2D eigenvalue weighted by molar-refractivity contribution is 8.01. The minimum absolute atomic E-state index is 0.279. The first-order valence-corrected chi connectivity index (χ1v) is 6.39. The summed E-state index contributed by atoms with van der Waals surface area (Å²) >= 11 is 1.43. The highest BCUT2D eigenvalue weighted by Gasteiger charge is 2.29. The number of thioether (sulfide) groups is 1. The molecule has 0 atom stereocenters. The Kier molecular flexibility index (Phi) is 4.78. The van der Waals surface area contributed by atoms with Crippen LogP contribution in [0.15, 0.2) is 29.2 Å². The lowest BCUT2D eigenvalue weighted by Crippen LogP contribution is -2.41. The number of hydrogen-bond acceptors (Lipinski definition) is 3. The Hall–Kier alpha value is -1.49. The molecule has 1 aromatic rings. The van der Waals surface area contributed by atoms with E-state index in [0.29, 0.717) is 0 Å². The van der Waals surface area contributed by atoms with Gasteiger partial charge in [0, 0.05) is 4.90 Å². The molecule has 4 nitrogen and oxygen atoms in total. The molecule has 0 spiro atoms. The third-order valence-electron chi connectivity index (χ3n) is 2.41. The average molecular weight is 267 g/mol. The van der Waals surface area contributed by atoms with E-state index in [2.05, 4.69) is 5.32 Å². The highest BCUT2D eigenvalue weighted by atomic mass is 32.2. The number of benzene rings is 1. The molecule has 0 saturated heterocycles. The van der Waals surface area contributed by atoms with Crippen molar-refractivity contribution in [2.24, 2.45) is 0 Å². The van der Waals surface area contributed by atoms with E-state index in [-0.39, 0.29) is 12.5 Å². The third kappa shape index (κ3) is 4.07. The molecular weight excluding hydrogens is 250 g/mol. The molecule has 0 aliphatic carbocycles. The fourth-order valence-corrected chi connectivity index (χ4v) is 2.45. The first kappa shape index (κ1) is 14.6. The molecule has 0 unspecified atom stereocenters. The van der Waals surface area contributed by atoms with Gasteiger partial charge in [-0.15, -0.1) is 11.8 Å². The van der Waals surface area contributed by atoms with Crippen LogP contribution in [0.2, 0.25) is 0 Å². The molecule has 0 radical (unpaired) electrons. The number of carbonyl (C=O) groups is 2. The number of hydrogen-bond donors (Lipinski definition) is 2. The van der Waals surface area contributed by atoms with E-state index >= 15 is 0 Å². The lowest BCUT2D eigenvalue weighted by atomic mass is 10.2. The fourth-order valence-electron chi connectivity index (χ4n) is 1.36. The van der Waals surface area contributed by atoms with Crippen molar-refractivity contribution in [2.45, 2.75) is 30.4 Å². The molecule has 0 saturated carbocycles. The minimum atomic E-state index is -1.04. The smallest absolute Gasteiger partial charge is 0.322 e. The topological polar surface area (TPSA) is 66.4 Å². The number of amides is 1. The molecular formula is C13H17NO3S. The summed E-state index contributed by atoms with van der Waals surface area (Å²) in [6, 6.07) is 7.79. The fraction of sp³-hybridized carbons (Fsp3) is 0.385. The van der Waals surface area contributed by atoms with Gasteiger partial charge >= 0.3 is 5.97 Å². The van der Waals surface area contributed by atoms with Crippen LogP contribution in [-0.2, 0) is 9.59 Å². The van der Waals surface area contributed by atoms with Gasteiger partial charge in [0.15, 0.2) is 0 Å². The zero-order valence-electron chi connectivity index (χ0n) is 10.7. The quantitative estimate of drug-likeness (QED) is 0.801. The van der Waals surface area contributed by atoms with Gasteiger partial charge in [-0.05, 0) is 32.4 Å². The number of carboxylic acid groups (broad SMARTS) is 1. The Bertz CT molecular complexity index is 457. The zero-order valence-corrected chi connectivity index (χ0v) is 11.5. The zero-order chi connectivity index (χ0) is 13.8. The normalized spacial score (nSPS) is 11.1. The van der Waals surface area contributed by atoms with Crippen LogP contribution in [0, 0.1) is 6.92 Å². The molecule has 18 heavy (non-hydrogen) atoms. The predicted molar refractivity (Wildman–Crippen MR) is 71.8 cm³/mol. The van der Waals surface area contributed by atoms with E-state index in [4.69, 9.17) is 5.11 Å². The van der Waals surface area contributed by atoms with Crippen molar-refractivity contribution in [3.8, 4) is 0 Å². The number of aliphatic carboxylic acids is 1. The van der Waals surface area contributed by atoms with Gasteiger partial charge in [0.1, 0.15) is 6.54 Å². The van der Waals surface area contributed by atoms with Gasteiger partial charge in [-0.25, -0.2) is 0 Å². The summed E-state index contributed by atoms with van der Waals surface area (Å²) in [5.74, 6) is -1.32. The summed E-state index contributed by atoms with van der Waals surface area (Å²) in [5.41, 5.74) is 1.10. The van der Waals surface area contributed by atoms with Gasteiger partial charge < -0.3 is 10.4 Å². The summed E-state index contributed by atoms with van der Waals surface area (Å²) in [6.45, 7) is 5.19. The number of carbonyl (C=O) groups excluding carboxylic acids is 1. The molecule has 1 aromatic carbocycles. The van der Waals surface area contributed by atoms with Crippen LogP contribution in [0.3, 0.4) is 0 Å². The van der Waals surface area contributed by atoms with Gasteiger partial charge in [-0.1, -0.05) is 18.2 Å². The van der Waals surface area contributed by atoms with Crippen LogP contribution < -0.4 is 5.32 Å². The van der Waals surface area contributed by atoms with E-state index in [9.17, 15) is 9.59 Å². The van der Waals surface area contributed by atoms with Gasteiger partial charge in [0.2, 0.25) is 5.91 Å². The first-order chi connectivity index (χ1) is 8.33. The summed E-state index contributed by atoms with van der Waals surface area (Å²) < 4.78 is -0.707. The number of nitrogens with one attached hydrogen (secondary N) is 1. The molecule has 98 valence electrons. The van der Waals surface area contributed by atoms with Crippen LogP contribution in [0.4, 0.5) is 0 Å². The molecule has 0 heterocycles. The van der Waals surface area contributed by atoms with Crippen molar-refractivity contribution < 1.29 is 14.7 Å². The van der Waals surface area contributed by atoms with E-state index in [1.54, 1.807) is 13.8 Å². The second kappa shape index (κ2) is 5.91. The van der Waals surface area contributed by atoms with E-state index in [1.807, 2.05) is 31.2 Å². The maximum Gasteiger partial charge on any atom is 0.322 e. The second-order valence-corrected chi connectivity index (χ2v) is 6.12. The second-order valence-electron chi connectivity index (χ2n) is 4.45. The maximum absolute atomic E-state index is 11.9. The molecule has 1 rings (SSSR count). The SMILES string of the molecule is Cc1ccccc1SC(C)(C)C(=O)NCC(=O)O. The van der Waals surface area contributed by atoms with Crippen molar-refractivity contribution >= 4 is 23.6 Å². The Morgan fingerprint density at radius 1 is 1.33 bits per heavy atom. The first-order valence-electron chi connectivity index (χ1n) is 5.57. The van der Waals surface area contributed by atoms with Gasteiger partial charge in [0.05, 0.1) is 4.75 Å². The maximum atomic E-state index is 11.9. The molecule has 0 aliphatic heterocycles. The molecule has 2 N–H and O–H groups in total. The van der Waals surface area contributed by atoms with Crippen LogP contribution in [-0.4, -0.2) is 28.3 Å². The van der Waals surface area contributed by atoms with Crippen LogP contribution >= 0.6 is 11.8 Å². The molecule has 0 aliphatic rings. The van der Waals surface area contributed by atoms with Crippen molar-refractivity contribution in [3.63, 3.8) is 0 Å². The summed E-state index contributed by atoms with van der Waals surface area (Å²) in [5, 5.41) is 10.9. The summed E-state index contributed by atoms with van der Waals surface area (Å²) in [7, 11) is 0. The summed E-state index contributed by atoms with van der Waals surface area (Å²) in [6.07, 6.45) is 0. The van der Waals surface area contributed by atoms with Crippen molar-refractivity contribution in [1.29, 1.82) is 0 Å². The van der Waals surface area contributed by atoms with Gasteiger partial charge in [-0.3, -0.25) is 9.59 Å². The van der Waals surface area contributed by atoms with Crippen LogP contribution in [0.25, 0.3) is 0 Å². The Morgan fingerprint density at radius 2 is 1.94 bits per heavy atom. The monoisotopic (exact) mass is 267 g/mol. The Balaban J connectivity index is 2.72. The summed E-state index contributed by atoms with van der Waals surface area (Å²) in [4.78, 5) is 23.3. The van der Waals surface area contributed by atoms with Crippen LogP contribution in [0.1, 0.15) is 19.4 Å². The lowest BCUT2D eigenvalue weighted by Gasteiger charge is -2.23. The largest absolute Gasteiger partial charge is 0.480 e. The van der Waals surface area contributed by atoms with Crippen molar-refractivity contribution in [1.82, 2.24) is 5.32 Å². The number of rotatable bonds is 5. The molecule has 0 fully saturated rings. The molecule has 5 heteroatoms. The van der Waals surface area contributed by atoms with Gasteiger partial charge in [0.25, 0.3) is 0 Å².